The van der Waals surface area contributed by atoms with Crippen molar-refractivity contribution < 1.29 is 5.11 Å². The molecule has 0 aromatic rings. The molecule has 0 atom stereocenters. The highest BCUT2D eigenvalue weighted by Gasteiger charge is 1.95. The van der Waals surface area contributed by atoms with Gasteiger partial charge in [0.05, 0.1) is 0 Å². The standard InChI is InChI=1S/C8H18O.C4H8/c1-2-3-4-5-6-7-8-9;1-2-4-3-1/h9H,2-8H2,1H3;1-4H2. The molecule has 1 fully saturated rings. The molecule has 0 radical (unpaired) electrons. The zero-order valence-electron chi connectivity index (χ0n) is 9.23. The SMILES string of the molecule is C1CCC1.CCCCCCCCO. The normalized spacial score (nSPS) is 14.3. The Morgan fingerprint density at radius 1 is 0.769 bits per heavy atom. The summed E-state index contributed by atoms with van der Waals surface area (Å²) in [5.41, 5.74) is 0. The Hall–Kier alpha value is -0.0400. The first-order chi connectivity index (χ1) is 6.41. The molecule has 0 spiro atoms. The van der Waals surface area contributed by atoms with Crippen LogP contribution >= 0.6 is 0 Å². The Kier molecular flexibility index (Phi) is 11.9. The minimum atomic E-state index is 0.367. The first kappa shape index (κ1) is 13.0. The van der Waals surface area contributed by atoms with Crippen molar-refractivity contribution >= 4 is 0 Å². The Labute approximate surface area is 83.5 Å². The molecule has 0 amide bonds. The van der Waals surface area contributed by atoms with Crippen molar-refractivity contribution in [2.75, 3.05) is 6.61 Å². The van der Waals surface area contributed by atoms with Crippen LogP contribution in [0.25, 0.3) is 0 Å². The van der Waals surface area contributed by atoms with E-state index in [0.717, 1.165) is 6.42 Å². The third kappa shape index (κ3) is 12.0. The first-order valence-corrected chi connectivity index (χ1v) is 6.02. The van der Waals surface area contributed by atoms with Gasteiger partial charge in [-0.2, -0.15) is 0 Å². The Morgan fingerprint density at radius 3 is 1.62 bits per heavy atom. The third-order valence-corrected chi connectivity index (χ3v) is 2.51. The van der Waals surface area contributed by atoms with Crippen LogP contribution in [0.3, 0.4) is 0 Å². The molecule has 1 aliphatic rings. The molecule has 13 heavy (non-hydrogen) atoms. The van der Waals surface area contributed by atoms with Crippen molar-refractivity contribution in [3.05, 3.63) is 0 Å². The van der Waals surface area contributed by atoms with Crippen molar-refractivity contribution in [2.24, 2.45) is 0 Å². The number of hydrogen-bond acceptors (Lipinski definition) is 1. The molecule has 1 aliphatic carbocycles. The van der Waals surface area contributed by atoms with Crippen LogP contribution in [-0.2, 0) is 0 Å². The maximum absolute atomic E-state index is 8.42. The highest BCUT2D eigenvalue weighted by Crippen LogP contribution is 2.15. The van der Waals surface area contributed by atoms with Crippen molar-refractivity contribution in [1.29, 1.82) is 0 Å². The number of aliphatic hydroxyl groups is 1. The molecular formula is C12H26O. The van der Waals surface area contributed by atoms with E-state index in [1.54, 1.807) is 0 Å². The molecule has 1 heteroatoms. The monoisotopic (exact) mass is 186 g/mol. The van der Waals surface area contributed by atoms with E-state index in [9.17, 15) is 0 Å². The Morgan fingerprint density at radius 2 is 1.23 bits per heavy atom. The van der Waals surface area contributed by atoms with Crippen molar-refractivity contribution in [2.45, 2.75) is 71.1 Å². The fourth-order valence-corrected chi connectivity index (χ4v) is 1.14. The summed E-state index contributed by atoms with van der Waals surface area (Å²) in [7, 11) is 0. The van der Waals surface area contributed by atoms with Crippen LogP contribution in [0.4, 0.5) is 0 Å². The Bertz CT molecular complexity index is 67.2. The Balaban J connectivity index is 0.000000293. The van der Waals surface area contributed by atoms with E-state index in [1.165, 1.54) is 57.8 Å². The van der Waals surface area contributed by atoms with Crippen LogP contribution in [0.15, 0.2) is 0 Å². The van der Waals surface area contributed by atoms with E-state index >= 15 is 0 Å². The van der Waals surface area contributed by atoms with Gasteiger partial charge in [-0.3, -0.25) is 0 Å². The predicted molar refractivity (Wildman–Crippen MR) is 58.9 cm³/mol. The van der Waals surface area contributed by atoms with E-state index in [0.29, 0.717) is 6.61 Å². The van der Waals surface area contributed by atoms with Gasteiger partial charge in [-0.1, -0.05) is 64.7 Å². The summed E-state index contributed by atoms with van der Waals surface area (Å²) in [4.78, 5) is 0. The summed E-state index contributed by atoms with van der Waals surface area (Å²) >= 11 is 0. The zero-order valence-corrected chi connectivity index (χ0v) is 9.23. The van der Waals surface area contributed by atoms with Crippen LogP contribution in [0.1, 0.15) is 71.1 Å². The van der Waals surface area contributed by atoms with Gasteiger partial charge in [0.25, 0.3) is 0 Å². The highest BCUT2D eigenvalue weighted by atomic mass is 16.2. The zero-order chi connectivity index (χ0) is 9.78. The molecule has 80 valence electrons. The van der Waals surface area contributed by atoms with E-state index in [1.807, 2.05) is 0 Å². The molecule has 1 nitrogen and oxygen atoms in total. The largest absolute Gasteiger partial charge is 0.396 e. The molecule has 1 saturated carbocycles. The summed E-state index contributed by atoms with van der Waals surface area (Å²) in [5, 5.41) is 8.42. The average molecular weight is 186 g/mol. The fraction of sp³-hybridized carbons (Fsp3) is 1.00. The third-order valence-electron chi connectivity index (χ3n) is 2.51. The molecule has 0 bridgehead atoms. The molecule has 0 aromatic heterocycles. The van der Waals surface area contributed by atoms with Crippen LogP contribution in [0.2, 0.25) is 0 Å². The van der Waals surface area contributed by atoms with Gasteiger partial charge in [-0.25, -0.2) is 0 Å². The molecule has 0 aromatic carbocycles. The van der Waals surface area contributed by atoms with Crippen molar-refractivity contribution in [1.82, 2.24) is 0 Å². The van der Waals surface area contributed by atoms with Crippen LogP contribution in [0, 0.1) is 0 Å². The van der Waals surface area contributed by atoms with Gasteiger partial charge in [-0.05, 0) is 6.42 Å². The quantitative estimate of drug-likeness (QED) is 0.624. The molecule has 0 heterocycles. The van der Waals surface area contributed by atoms with Crippen LogP contribution < -0.4 is 0 Å². The van der Waals surface area contributed by atoms with Gasteiger partial charge < -0.3 is 5.11 Å². The number of aliphatic hydroxyl groups excluding tert-OH is 1. The lowest BCUT2D eigenvalue weighted by atomic mass is 10.0. The van der Waals surface area contributed by atoms with Crippen molar-refractivity contribution in [3.8, 4) is 0 Å². The highest BCUT2D eigenvalue weighted by molar-refractivity contribution is 4.50. The summed E-state index contributed by atoms with van der Waals surface area (Å²) in [6, 6.07) is 0. The van der Waals surface area contributed by atoms with Crippen molar-refractivity contribution in [3.63, 3.8) is 0 Å². The lowest BCUT2D eigenvalue weighted by Crippen LogP contribution is -1.85. The van der Waals surface area contributed by atoms with Crippen LogP contribution in [-0.4, -0.2) is 11.7 Å². The lowest BCUT2D eigenvalue weighted by Gasteiger charge is -2.05. The minimum Gasteiger partial charge on any atom is -0.396 e. The second-order valence-corrected chi connectivity index (χ2v) is 3.91. The maximum atomic E-state index is 8.42. The predicted octanol–water partition coefficient (Wildman–Crippen LogP) is 3.90. The molecule has 0 aliphatic heterocycles. The number of hydrogen-bond donors (Lipinski definition) is 1. The van der Waals surface area contributed by atoms with Gasteiger partial charge in [0, 0.05) is 6.61 Å². The summed E-state index contributed by atoms with van der Waals surface area (Å²) in [6.45, 7) is 2.58. The average Bonchev–Trinajstić information content (AvgIpc) is 2.01. The molecule has 1 N–H and O–H groups in total. The summed E-state index contributed by atoms with van der Waals surface area (Å²) in [6.07, 6.45) is 13.5. The molecule has 0 saturated heterocycles. The second kappa shape index (κ2) is 12.0. The van der Waals surface area contributed by atoms with E-state index < -0.39 is 0 Å². The van der Waals surface area contributed by atoms with E-state index in [4.69, 9.17) is 5.11 Å². The number of unbranched alkanes of at least 4 members (excludes halogenated alkanes) is 5. The maximum Gasteiger partial charge on any atom is 0.0431 e. The topological polar surface area (TPSA) is 20.2 Å². The van der Waals surface area contributed by atoms with Gasteiger partial charge in [0.1, 0.15) is 0 Å². The number of rotatable bonds is 6. The van der Waals surface area contributed by atoms with E-state index in [2.05, 4.69) is 6.92 Å². The fourth-order valence-electron chi connectivity index (χ4n) is 1.14. The van der Waals surface area contributed by atoms with Gasteiger partial charge in [0.2, 0.25) is 0 Å². The van der Waals surface area contributed by atoms with E-state index in [-0.39, 0.29) is 0 Å². The van der Waals surface area contributed by atoms with Gasteiger partial charge in [-0.15, -0.1) is 0 Å². The first-order valence-electron chi connectivity index (χ1n) is 6.02. The molecule has 1 rings (SSSR count). The lowest BCUT2D eigenvalue weighted by molar-refractivity contribution is 0.282. The minimum absolute atomic E-state index is 0.367. The van der Waals surface area contributed by atoms with Gasteiger partial charge in [0.15, 0.2) is 0 Å². The molecule has 0 unspecified atom stereocenters. The van der Waals surface area contributed by atoms with Crippen LogP contribution in [0.5, 0.6) is 0 Å². The molecular weight excluding hydrogens is 160 g/mol. The summed E-state index contributed by atoms with van der Waals surface area (Å²) in [5.74, 6) is 0. The smallest absolute Gasteiger partial charge is 0.0431 e. The second-order valence-electron chi connectivity index (χ2n) is 3.91. The van der Waals surface area contributed by atoms with Gasteiger partial charge >= 0.3 is 0 Å². The summed E-state index contributed by atoms with van der Waals surface area (Å²) < 4.78 is 0.